The standard InChI is InChI=1S/C13H21N3O2S/c1-4-18-13(17)10-11(14)15-19-12(10)16-6-8(2)5-9(3)7-16/h8-9H,4-7H2,1-3H3,(H2,14,15). The molecule has 1 aromatic rings. The summed E-state index contributed by atoms with van der Waals surface area (Å²) in [7, 11) is 0. The van der Waals surface area contributed by atoms with Gasteiger partial charge in [0.1, 0.15) is 10.6 Å². The maximum Gasteiger partial charge on any atom is 0.345 e. The molecule has 1 aliphatic rings. The van der Waals surface area contributed by atoms with E-state index in [0.717, 1.165) is 18.1 Å². The van der Waals surface area contributed by atoms with Crippen molar-refractivity contribution in [2.24, 2.45) is 11.8 Å². The number of piperidine rings is 1. The number of carbonyl (C=O) groups excluding carboxylic acids is 1. The monoisotopic (exact) mass is 283 g/mol. The Morgan fingerprint density at radius 2 is 2.11 bits per heavy atom. The van der Waals surface area contributed by atoms with Crippen LogP contribution in [0.2, 0.25) is 0 Å². The van der Waals surface area contributed by atoms with Crippen molar-refractivity contribution in [1.82, 2.24) is 4.37 Å². The Balaban J connectivity index is 2.27. The van der Waals surface area contributed by atoms with E-state index in [0.29, 0.717) is 24.0 Å². The number of hydrogen-bond acceptors (Lipinski definition) is 6. The summed E-state index contributed by atoms with van der Waals surface area (Å²) >= 11 is 1.29. The number of nitrogen functional groups attached to an aromatic ring is 1. The highest BCUT2D eigenvalue weighted by molar-refractivity contribution is 7.11. The molecule has 106 valence electrons. The van der Waals surface area contributed by atoms with E-state index in [1.807, 2.05) is 0 Å². The number of aromatic nitrogens is 1. The minimum Gasteiger partial charge on any atom is -0.462 e. The summed E-state index contributed by atoms with van der Waals surface area (Å²) in [5.74, 6) is 1.14. The summed E-state index contributed by atoms with van der Waals surface area (Å²) in [5.41, 5.74) is 6.26. The first-order valence-corrected chi connectivity index (χ1v) is 7.47. The molecule has 2 unspecified atom stereocenters. The van der Waals surface area contributed by atoms with Crippen LogP contribution in [0.15, 0.2) is 0 Å². The maximum atomic E-state index is 12.0. The molecule has 0 spiro atoms. The van der Waals surface area contributed by atoms with Gasteiger partial charge in [-0.25, -0.2) is 4.79 Å². The van der Waals surface area contributed by atoms with E-state index in [-0.39, 0.29) is 11.8 Å². The second-order valence-corrected chi connectivity index (χ2v) is 6.07. The molecule has 2 heterocycles. The van der Waals surface area contributed by atoms with E-state index in [1.165, 1.54) is 18.0 Å². The Bertz CT molecular complexity index is 451. The number of rotatable bonds is 3. The van der Waals surface area contributed by atoms with Gasteiger partial charge in [0.25, 0.3) is 0 Å². The van der Waals surface area contributed by atoms with Crippen molar-refractivity contribution in [3.63, 3.8) is 0 Å². The molecule has 2 rings (SSSR count). The average Bonchev–Trinajstić information content (AvgIpc) is 2.70. The highest BCUT2D eigenvalue weighted by atomic mass is 32.1. The molecule has 0 aliphatic carbocycles. The second kappa shape index (κ2) is 5.77. The molecule has 19 heavy (non-hydrogen) atoms. The van der Waals surface area contributed by atoms with Crippen LogP contribution in [0.25, 0.3) is 0 Å². The van der Waals surface area contributed by atoms with Gasteiger partial charge in [-0.05, 0) is 36.7 Å². The molecular weight excluding hydrogens is 262 g/mol. The molecule has 2 atom stereocenters. The lowest BCUT2D eigenvalue weighted by atomic mass is 9.92. The fraction of sp³-hybridized carbons (Fsp3) is 0.692. The fourth-order valence-corrected chi connectivity index (χ4v) is 3.55. The summed E-state index contributed by atoms with van der Waals surface area (Å²) in [6.07, 6.45) is 1.22. The van der Waals surface area contributed by atoms with Crippen molar-refractivity contribution in [3.05, 3.63) is 5.56 Å². The van der Waals surface area contributed by atoms with Crippen LogP contribution < -0.4 is 10.6 Å². The molecule has 2 N–H and O–H groups in total. The summed E-state index contributed by atoms with van der Waals surface area (Å²) in [5, 5.41) is 0.856. The zero-order valence-corrected chi connectivity index (χ0v) is 12.5. The Morgan fingerprint density at radius 3 is 2.68 bits per heavy atom. The summed E-state index contributed by atoms with van der Waals surface area (Å²) in [6, 6.07) is 0. The van der Waals surface area contributed by atoms with Gasteiger partial charge in [-0.3, -0.25) is 0 Å². The molecule has 1 fully saturated rings. The maximum absolute atomic E-state index is 12.0. The Kier molecular flexibility index (Phi) is 4.29. The number of nitrogens with zero attached hydrogens (tertiary/aromatic N) is 2. The van der Waals surface area contributed by atoms with Crippen molar-refractivity contribution < 1.29 is 9.53 Å². The van der Waals surface area contributed by atoms with Gasteiger partial charge >= 0.3 is 5.97 Å². The molecule has 5 nitrogen and oxygen atoms in total. The van der Waals surface area contributed by atoms with Crippen molar-refractivity contribution in [1.29, 1.82) is 0 Å². The van der Waals surface area contributed by atoms with E-state index in [9.17, 15) is 4.79 Å². The van der Waals surface area contributed by atoms with Crippen LogP contribution in [0.1, 0.15) is 37.6 Å². The predicted molar refractivity (Wildman–Crippen MR) is 77.6 cm³/mol. The van der Waals surface area contributed by atoms with Gasteiger partial charge in [-0.2, -0.15) is 4.37 Å². The number of anilines is 2. The van der Waals surface area contributed by atoms with E-state index in [2.05, 4.69) is 23.1 Å². The molecule has 1 saturated heterocycles. The van der Waals surface area contributed by atoms with Crippen LogP contribution >= 0.6 is 11.5 Å². The third-order valence-corrected chi connectivity index (χ3v) is 4.26. The molecule has 1 aliphatic heterocycles. The van der Waals surface area contributed by atoms with Gasteiger partial charge in [-0.1, -0.05) is 13.8 Å². The fourth-order valence-electron chi connectivity index (χ4n) is 2.73. The number of nitrogens with two attached hydrogens (primary N) is 1. The highest BCUT2D eigenvalue weighted by Gasteiger charge is 2.29. The van der Waals surface area contributed by atoms with E-state index in [4.69, 9.17) is 10.5 Å². The molecule has 0 aromatic carbocycles. The molecule has 6 heteroatoms. The largest absolute Gasteiger partial charge is 0.462 e. The lowest BCUT2D eigenvalue weighted by Crippen LogP contribution is -2.39. The van der Waals surface area contributed by atoms with Crippen molar-refractivity contribution in [3.8, 4) is 0 Å². The lowest BCUT2D eigenvalue weighted by molar-refractivity contribution is 0.0528. The highest BCUT2D eigenvalue weighted by Crippen LogP contribution is 2.35. The third-order valence-electron chi connectivity index (χ3n) is 3.34. The molecular formula is C13H21N3O2S. The minimum atomic E-state index is -0.366. The Hall–Kier alpha value is -1.30. The third kappa shape index (κ3) is 3.00. The summed E-state index contributed by atoms with van der Waals surface area (Å²) in [6.45, 7) is 8.49. The van der Waals surface area contributed by atoms with Gasteiger partial charge in [0.05, 0.1) is 6.61 Å². The van der Waals surface area contributed by atoms with Gasteiger partial charge < -0.3 is 15.4 Å². The van der Waals surface area contributed by atoms with Crippen molar-refractivity contribution in [2.45, 2.75) is 27.2 Å². The first kappa shape index (κ1) is 14.1. The average molecular weight is 283 g/mol. The number of hydrogen-bond donors (Lipinski definition) is 1. The second-order valence-electron chi connectivity index (χ2n) is 5.32. The van der Waals surface area contributed by atoms with Gasteiger partial charge in [-0.15, -0.1) is 0 Å². The Labute approximate surface area is 117 Å². The van der Waals surface area contributed by atoms with Gasteiger partial charge in [0.15, 0.2) is 5.82 Å². The quantitative estimate of drug-likeness (QED) is 0.863. The molecule has 1 aromatic heterocycles. The zero-order chi connectivity index (χ0) is 14.0. The summed E-state index contributed by atoms with van der Waals surface area (Å²) < 4.78 is 9.20. The van der Waals surface area contributed by atoms with Crippen LogP contribution in [0.3, 0.4) is 0 Å². The first-order chi connectivity index (χ1) is 9.02. The van der Waals surface area contributed by atoms with E-state index < -0.39 is 0 Å². The first-order valence-electron chi connectivity index (χ1n) is 6.70. The smallest absolute Gasteiger partial charge is 0.345 e. The minimum absolute atomic E-state index is 0.282. The number of ether oxygens (including phenoxy) is 1. The molecule has 0 radical (unpaired) electrons. The SMILES string of the molecule is CCOC(=O)c1c(N)nsc1N1CC(C)CC(C)C1. The predicted octanol–water partition coefficient (Wildman–Crippen LogP) is 2.38. The molecule has 0 bridgehead atoms. The lowest BCUT2D eigenvalue weighted by Gasteiger charge is -2.35. The number of carbonyl (C=O) groups is 1. The summed E-state index contributed by atoms with van der Waals surface area (Å²) in [4.78, 5) is 14.2. The van der Waals surface area contributed by atoms with Crippen molar-refractivity contribution in [2.75, 3.05) is 30.3 Å². The van der Waals surface area contributed by atoms with Crippen LogP contribution in [0.5, 0.6) is 0 Å². The van der Waals surface area contributed by atoms with Crippen LogP contribution in [-0.4, -0.2) is 30.0 Å². The Morgan fingerprint density at radius 1 is 1.47 bits per heavy atom. The van der Waals surface area contributed by atoms with Crippen LogP contribution in [0.4, 0.5) is 10.8 Å². The zero-order valence-electron chi connectivity index (χ0n) is 11.7. The van der Waals surface area contributed by atoms with E-state index >= 15 is 0 Å². The number of esters is 1. The van der Waals surface area contributed by atoms with Crippen LogP contribution in [0, 0.1) is 11.8 Å². The normalized spacial score (nSPS) is 23.4. The van der Waals surface area contributed by atoms with Gasteiger partial charge in [0.2, 0.25) is 0 Å². The van der Waals surface area contributed by atoms with Gasteiger partial charge in [0, 0.05) is 13.1 Å². The topological polar surface area (TPSA) is 68.5 Å². The van der Waals surface area contributed by atoms with Crippen molar-refractivity contribution >= 4 is 28.3 Å². The molecule has 0 amide bonds. The van der Waals surface area contributed by atoms with E-state index in [1.54, 1.807) is 6.92 Å². The molecule has 0 saturated carbocycles. The van der Waals surface area contributed by atoms with Crippen LogP contribution in [-0.2, 0) is 4.74 Å².